The third-order valence-electron chi connectivity index (χ3n) is 4.06. The molecule has 0 saturated heterocycles. The Bertz CT molecular complexity index is 995. The van der Waals surface area contributed by atoms with E-state index in [2.05, 4.69) is 27.4 Å². The van der Waals surface area contributed by atoms with Gasteiger partial charge >= 0.3 is 0 Å². The second-order valence-electron chi connectivity index (χ2n) is 5.86. The van der Waals surface area contributed by atoms with E-state index in [1.54, 1.807) is 6.20 Å². The Kier molecular flexibility index (Phi) is 4.46. The maximum absolute atomic E-state index is 6.09. The molecule has 0 radical (unpaired) electrons. The maximum Gasteiger partial charge on any atom is 0.138 e. The van der Waals surface area contributed by atoms with Crippen LogP contribution in [0.5, 0.6) is 0 Å². The Morgan fingerprint density at radius 2 is 1.88 bits per heavy atom. The summed E-state index contributed by atoms with van der Waals surface area (Å²) in [4.78, 5) is 12.3. The molecular formula is C20H17ClN4. The predicted molar refractivity (Wildman–Crippen MR) is 101 cm³/mol. The third-order valence-corrected chi connectivity index (χ3v) is 4.27. The zero-order chi connectivity index (χ0) is 17.1. The number of aromatic amines is 1. The first kappa shape index (κ1) is 15.8. The molecule has 4 rings (SSSR count). The normalized spacial score (nSPS) is 11.1. The Labute approximate surface area is 150 Å². The number of fused-ring (bicyclic) bond motifs is 1. The Balaban J connectivity index is 1.53. The number of halogens is 1. The summed E-state index contributed by atoms with van der Waals surface area (Å²) in [6, 6.07) is 18.3. The SMILES string of the molecule is Clc1cnc2[nH]cc(-c3cccc(CNCc4ccccc4)n3)c2c1. The fraction of sp³-hybridized carbons (Fsp3) is 0.100. The molecule has 0 fully saturated rings. The third kappa shape index (κ3) is 3.55. The fourth-order valence-corrected chi connectivity index (χ4v) is 3.01. The predicted octanol–water partition coefficient (Wildman–Crippen LogP) is 4.57. The first-order valence-electron chi connectivity index (χ1n) is 8.13. The van der Waals surface area contributed by atoms with Crippen LogP contribution in [0.2, 0.25) is 5.02 Å². The largest absolute Gasteiger partial charge is 0.345 e. The number of benzene rings is 1. The maximum atomic E-state index is 6.09. The molecular weight excluding hydrogens is 332 g/mol. The van der Waals surface area contributed by atoms with E-state index in [1.165, 1.54) is 5.56 Å². The molecule has 0 aliphatic rings. The lowest BCUT2D eigenvalue weighted by atomic mass is 10.1. The van der Waals surface area contributed by atoms with Crippen LogP contribution in [0.3, 0.4) is 0 Å². The molecule has 5 heteroatoms. The summed E-state index contributed by atoms with van der Waals surface area (Å²) < 4.78 is 0. The second kappa shape index (κ2) is 7.05. The Morgan fingerprint density at radius 3 is 2.76 bits per heavy atom. The van der Waals surface area contributed by atoms with Crippen molar-refractivity contribution in [3.8, 4) is 11.3 Å². The summed E-state index contributed by atoms with van der Waals surface area (Å²) in [6.07, 6.45) is 3.57. The van der Waals surface area contributed by atoms with Crippen LogP contribution in [0.25, 0.3) is 22.3 Å². The molecule has 0 spiro atoms. The van der Waals surface area contributed by atoms with Gasteiger partial charge in [0.15, 0.2) is 0 Å². The van der Waals surface area contributed by atoms with Gasteiger partial charge in [-0.2, -0.15) is 0 Å². The lowest BCUT2D eigenvalue weighted by Crippen LogP contribution is -2.13. The van der Waals surface area contributed by atoms with Crippen LogP contribution in [-0.4, -0.2) is 15.0 Å². The second-order valence-corrected chi connectivity index (χ2v) is 6.29. The van der Waals surface area contributed by atoms with Gasteiger partial charge in [-0.1, -0.05) is 48.0 Å². The van der Waals surface area contributed by atoms with Gasteiger partial charge < -0.3 is 10.3 Å². The van der Waals surface area contributed by atoms with Crippen LogP contribution in [0.15, 0.2) is 67.0 Å². The molecule has 0 saturated carbocycles. The molecule has 124 valence electrons. The van der Waals surface area contributed by atoms with E-state index in [1.807, 2.05) is 48.7 Å². The summed E-state index contributed by atoms with van der Waals surface area (Å²) in [6.45, 7) is 1.53. The molecule has 0 bridgehead atoms. The minimum atomic E-state index is 0.619. The van der Waals surface area contributed by atoms with Crippen molar-refractivity contribution in [2.45, 2.75) is 13.1 Å². The topological polar surface area (TPSA) is 53.6 Å². The first-order chi connectivity index (χ1) is 12.3. The molecule has 1 aromatic carbocycles. The number of hydrogen-bond donors (Lipinski definition) is 2. The van der Waals surface area contributed by atoms with Gasteiger partial charge in [0.2, 0.25) is 0 Å². The quantitative estimate of drug-likeness (QED) is 0.555. The van der Waals surface area contributed by atoms with E-state index in [0.29, 0.717) is 11.6 Å². The van der Waals surface area contributed by atoms with E-state index >= 15 is 0 Å². The van der Waals surface area contributed by atoms with Gasteiger partial charge in [0.25, 0.3) is 0 Å². The van der Waals surface area contributed by atoms with Crippen LogP contribution in [0, 0.1) is 0 Å². The lowest BCUT2D eigenvalue weighted by molar-refractivity contribution is 0.680. The number of aromatic nitrogens is 3. The molecule has 2 N–H and O–H groups in total. The van der Waals surface area contributed by atoms with Gasteiger partial charge in [0.1, 0.15) is 5.65 Å². The van der Waals surface area contributed by atoms with Crippen molar-refractivity contribution >= 4 is 22.6 Å². The van der Waals surface area contributed by atoms with Crippen LogP contribution in [0.4, 0.5) is 0 Å². The molecule has 0 aliphatic heterocycles. The highest BCUT2D eigenvalue weighted by molar-refractivity contribution is 6.31. The zero-order valence-electron chi connectivity index (χ0n) is 13.5. The highest BCUT2D eigenvalue weighted by Crippen LogP contribution is 2.28. The summed E-state index contributed by atoms with van der Waals surface area (Å²) in [5.41, 5.74) is 4.99. The smallest absolute Gasteiger partial charge is 0.138 e. The van der Waals surface area contributed by atoms with Crippen LogP contribution in [0.1, 0.15) is 11.3 Å². The summed E-state index contributed by atoms with van der Waals surface area (Å²) in [5.74, 6) is 0. The van der Waals surface area contributed by atoms with Crippen molar-refractivity contribution in [3.05, 3.63) is 83.3 Å². The lowest BCUT2D eigenvalue weighted by Gasteiger charge is -2.06. The molecule has 4 nitrogen and oxygen atoms in total. The number of rotatable bonds is 5. The van der Waals surface area contributed by atoms with E-state index in [9.17, 15) is 0 Å². The van der Waals surface area contributed by atoms with Crippen LogP contribution >= 0.6 is 11.6 Å². The monoisotopic (exact) mass is 348 g/mol. The molecule has 3 heterocycles. The Morgan fingerprint density at radius 1 is 1.00 bits per heavy atom. The van der Waals surface area contributed by atoms with Crippen molar-refractivity contribution < 1.29 is 0 Å². The molecule has 0 amide bonds. The molecule has 0 unspecified atom stereocenters. The average molecular weight is 349 g/mol. The first-order valence-corrected chi connectivity index (χ1v) is 8.51. The average Bonchev–Trinajstić information content (AvgIpc) is 3.06. The van der Waals surface area contributed by atoms with Gasteiger partial charge in [-0.15, -0.1) is 0 Å². The number of nitrogens with zero attached hydrogens (tertiary/aromatic N) is 2. The highest BCUT2D eigenvalue weighted by atomic mass is 35.5. The highest BCUT2D eigenvalue weighted by Gasteiger charge is 2.09. The van der Waals surface area contributed by atoms with Gasteiger partial charge in [0.05, 0.1) is 16.4 Å². The van der Waals surface area contributed by atoms with Crippen molar-refractivity contribution in [2.75, 3.05) is 0 Å². The Hall–Kier alpha value is -2.69. The number of pyridine rings is 2. The molecule has 25 heavy (non-hydrogen) atoms. The number of nitrogens with one attached hydrogen (secondary N) is 2. The van der Waals surface area contributed by atoms with Crippen LogP contribution in [-0.2, 0) is 13.1 Å². The summed E-state index contributed by atoms with van der Waals surface area (Å²) in [7, 11) is 0. The number of hydrogen-bond acceptors (Lipinski definition) is 3. The molecule has 3 aromatic heterocycles. The molecule has 0 aliphatic carbocycles. The van der Waals surface area contributed by atoms with Crippen molar-refractivity contribution in [1.29, 1.82) is 0 Å². The van der Waals surface area contributed by atoms with E-state index in [-0.39, 0.29) is 0 Å². The number of H-pyrrole nitrogens is 1. The van der Waals surface area contributed by atoms with Crippen molar-refractivity contribution in [1.82, 2.24) is 20.3 Å². The van der Waals surface area contributed by atoms with Crippen LogP contribution < -0.4 is 5.32 Å². The van der Waals surface area contributed by atoms with E-state index in [4.69, 9.17) is 16.6 Å². The van der Waals surface area contributed by atoms with Gasteiger partial charge in [0, 0.05) is 36.4 Å². The van der Waals surface area contributed by atoms with Gasteiger partial charge in [-0.25, -0.2) is 4.98 Å². The van der Waals surface area contributed by atoms with Gasteiger partial charge in [-0.05, 0) is 23.8 Å². The van der Waals surface area contributed by atoms with Gasteiger partial charge in [-0.3, -0.25) is 4.98 Å². The minimum absolute atomic E-state index is 0.619. The molecule has 0 atom stereocenters. The molecule has 4 aromatic rings. The standard InChI is InChI=1S/C20H17ClN4/c21-15-9-17-18(13-24-20(17)23-11-15)19-8-4-7-16(25-19)12-22-10-14-5-2-1-3-6-14/h1-9,11,13,22H,10,12H2,(H,23,24). The van der Waals surface area contributed by atoms with E-state index in [0.717, 1.165) is 34.5 Å². The zero-order valence-corrected chi connectivity index (χ0v) is 14.3. The van der Waals surface area contributed by atoms with Crippen molar-refractivity contribution in [3.63, 3.8) is 0 Å². The summed E-state index contributed by atoms with van der Waals surface area (Å²) >= 11 is 6.09. The minimum Gasteiger partial charge on any atom is -0.345 e. The van der Waals surface area contributed by atoms with Crippen molar-refractivity contribution in [2.24, 2.45) is 0 Å². The summed E-state index contributed by atoms with van der Waals surface area (Å²) in [5, 5.41) is 5.03. The fourth-order valence-electron chi connectivity index (χ4n) is 2.85. The van der Waals surface area contributed by atoms with E-state index < -0.39 is 0 Å².